The second-order valence-electron chi connectivity index (χ2n) is 11.7. The van der Waals surface area contributed by atoms with E-state index in [1.165, 1.54) is 45.0 Å². The van der Waals surface area contributed by atoms with Crippen LogP contribution >= 0.6 is 15.6 Å². The minimum absolute atomic E-state index is 0.0543. The zero-order chi connectivity index (χ0) is 36.2. The summed E-state index contributed by atoms with van der Waals surface area (Å²) in [7, 11) is -17.9. The van der Waals surface area contributed by atoms with Crippen molar-refractivity contribution in [3.63, 3.8) is 0 Å². The summed E-state index contributed by atoms with van der Waals surface area (Å²) in [4.78, 5) is 46.4. The number of hydrogen-bond acceptors (Lipinski definition) is 12. The van der Waals surface area contributed by atoms with Crippen LogP contribution in [0.3, 0.4) is 0 Å². The number of fused-ring (bicyclic) bond motifs is 2. The Bertz CT molecular complexity index is 1790. The van der Waals surface area contributed by atoms with E-state index in [4.69, 9.17) is 29.2 Å². The van der Waals surface area contributed by atoms with Gasteiger partial charge in [0, 0.05) is 48.4 Å². The van der Waals surface area contributed by atoms with E-state index in [1.54, 1.807) is 0 Å². The van der Waals surface area contributed by atoms with Crippen molar-refractivity contribution in [1.29, 1.82) is 0 Å². The highest BCUT2D eigenvalue weighted by molar-refractivity contribution is 7.89. The van der Waals surface area contributed by atoms with Crippen molar-refractivity contribution >= 4 is 47.1 Å². The molecule has 0 spiro atoms. The smallest absolute Gasteiger partial charge is 0.366 e. The molecule has 2 aromatic rings. The van der Waals surface area contributed by atoms with Crippen molar-refractivity contribution in [2.45, 2.75) is 61.2 Å². The van der Waals surface area contributed by atoms with E-state index < -0.39 is 49.3 Å². The van der Waals surface area contributed by atoms with Crippen molar-refractivity contribution in [3.8, 4) is 0 Å². The molecule has 3 aliphatic rings. The van der Waals surface area contributed by atoms with Gasteiger partial charge in [0.2, 0.25) is 33.6 Å². The standard InChI is InChI=1S/C28H38N4O14P2S2/c33-47(34,35)45-19-43-29-27-24-12-10-22(50(41,42)32-15-7-3-4-8-16-32)18-26(24)28(30-44-20-46-48(36,37)38)23-11-9-21(17-25(23)27)49(39,40)31-13-5-1-2-6-14-31/h9-12,17-18H,1-8,13-16,19-20H2,(H2,33,34,35)(H2,36,37,38)/b29-27+,30-28?. The molecule has 0 unspecified atom stereocenters. The third kappa shape index (κ3) is 9.44. The maximum atomic E-state index is 13.8. The molecule has 2 aliphatic heterocycles. The monoisotopic (exact) mass is 780 g/mol. The molecule has 18 nitrogen and oxygen atoms in total. The number of nitrogens with zero attached hydrogens (tertiary/aromatic N) is 4. The third-order valence-electron chi connectivity index (χ3n) is 8.27. The predicted molar refractivity (Wildman–Crippen MR) is 177 cm³/mol. The average Bonchev–Trinajstić information content (AvgIpc) is 3.51. The second-order valence-corrected chi connectivity index (χ2v) is 18.0. The van der Waals surface area contributed by atoms with Crippen molar-refractivity contribution in [3.05, 3.63) is 58.7 Å². The lowest BCUT2D eigenvalue weighted by Crippen LogP contribution is -2.33. The number of oxime groups is 2. The van der Waals surface area contributed by atoms with E-state index in [0.29, 0.717) is 51.9 Å². The minimum atomic E-state index is -4.95. The summed E-state index contributed by atoms with van der Waals surface area (Å²) >= 11 is 0. The number of hydrogen-bond donors (Lipinski definition) is 4. The number of benzene rings is 2. The molecule has 0 bridgehead atoms. The van der Waals surface area contributed by atoms with Crippen LogP contribution in [0.4, 0.5) is 0 Å². The van der Waals surface area contributed by atoms with Crippen molar-refractivity contribution in [1.82, 2.24) is 8.61 Å². The highest BCUT2D eigenvalue weighted by Crippen LogP contribution is 2.37. The first-order valence-corrected chi connectivity index (χ1v) is 21.6. The van der Waals surface area contributed by atoms with E-state index >= 15 is 0 Å². The van der Waals surface area contributed by atoms with E-state index in [2.05, 4.69) is 19.4 Å². The zero-order valence-corrected chi connectivity index (χ0v) is 30.2. The molecular weight excluding hydrogens is 742 g/mol. The van der Waals surface area contributed by atoms with Crippen molar-refractivity contribution in [2.24, 2.45) is 10.3 Å². The molecule has 0 saturated carbocycles. The molecule has 0 aromatic heterocycles. The van der Waals surface area contributed by atoms with Gasteiger partial charge in [0.1, 0.15) is 11.4 Å². The molecule has 2 fully saturated rings. The minimum Gasteiger partial charge on any atom is -0.366 e. The Hall–Kier alpha value is -2.58. The van der Waals surface area contributed by atoms with Gasteiger partial charge in [-0.05, 0) is 49.9 Å². The molecule has 2 aromatic carbocycles. The quantitative estimate of drug-likeness (QED) is 0.0893. The third-order valence-corrected chi connectivity index (χ3v) is 12.9. The Morgan fingerprint density at radius 3 is 1.22 bits per heavy atom. The Kier molecular flexibility index (Phi) is 12.3. The first-order chi connectivity index (χ1) is 23.6. The number of rotatable bonds is 12. The molecule has 276 valence electrons. The summed E-state index contributed by atoms with van der Waals surface area (Å²) in [5.74, 6) is 0. The second kappa shape index (κ2) is 16.0. The lowest BCUT2D eigenvalue weighted by molar-refractivity contribution is 0.000324. The fourth-order valence-corrected chi connectivity index (χ4v) is 9.34. The summed E-state index contributed by atoms with van der Waals surface area (Å²) in [6.07, 6.45) is 6.29. The van der Waals surface area contributed by atoms with E-state index in [-0.39, 0.29) is 43.5 Å². The number of phosphoric ester groups is 2. The molecule has 0 atom stereocenters. The molecule has 5 rings (SSSR count). The maximum Gasteiger partial charge on any atom is 0.472 e. The largest absolute Gasteiger partial charge is 0.472 e. The molecule has 2 heterocycles. The van der Waals surface area contributed by atoms with Crippen LogP contribution < -0.4 is 0 Å². The topological polar surface area (TPSA) is 251 Å². The molecule has 2 saturated heterocycles. The highest BCUT2D eigenvalue weighted by Gasteiger charge is 2.34. The molecule has 4 N–H and O–H groups in total. The van der Waals surface area contributed by atoms with Gasteiger partial charge in [-0.1, -0.05) is 48.1 Å². The van der Waals surface area contributed by atoms with Crippen LogP contribution in [0.2, 0.25) is 0 Å². The Morgan fingerprint density at radius 1 is 0.560 bits per heavy atom. The molecule has 0 radical (unpaired) electrons. The molecule has 1 aliphatic carbocycles. The normalized spacial score (nSPS) is 20.2. The van der Waals surface area contributed by atoms with Gasteiger partial charge in [0.15, 0.2) is 0 Å². The van der Waals surface area contributed by atoms with Crippen molar-refractivity contribution < 1.29 is 64.3 Å². The predicted octanol–water partition coefficient (Wildman–Crippen LogP) is 2.80. The van der Waals surface area contributed by atoms with Gasteiger partial charge >= 0.3 is 15.6 Å². The van der Waals surface area contributed by atoms with Crippen LogP contribution in [0, 0.1) is 0 Å². The van der Waals surface area contributed by atoms with Crippen LogP contribution in [0.25, 0.3) is 0 Å². The summed E-state index contributed by atoms with van der Waals surface area (Å²) in [5.41, 5.74) is 0.414. The van der Waals surface area contributed by atoms with Gasteiger partial charge < -0.3 is 29.2 Å². The van der Waals surface area contributed by atoms with Crippen LogP contribution in [0.1, 0.15) is 73.6 Å². The Labute approximate surface area is 289 Å². The fourth-order valence-electron chi connectivity index (χ4n) is 5.89. The van der Waals surface area contributed by atoms with Gasteiger partial charge in [0.05, 0.1) is 9.79 Å². The van der Waals surface area contributed by atoms with E-state index in [1.807, 2.05) is 0 Å². The van der Waals surface area contributed by atoms with Crippen LogP contribution in [-0.2, 0) is 47.9 Å². The summed E-state index contributed by atoms with van der Waals surface area (Å²) in [5, 5.41) is 8.07. The highest BCUT2D eigenvalue weighted by atomic mass is 32.2. The summed E-state index contributed by atoms with van der Waals surface area (Å²) < 4.78 is 89.1. The number of phosphoric acid groups is 2. The van der Waals surface area contributed by atoms with Gasteiger partial charge in [-0.15, -0.1) is 0 Å². The molecule has 22 heteroatoms. The van der Waals surface area contributed by atoms with Gasteiger partial charge in [-0.25, -0.2) is 35.0 Å². The fraction of sp³-hybridized carbons (Fsp3) is 0.500. The van der Waals surface area contributed by atoms with Crippen LogP contribution in [-0.4, -0.2) is 96.2 Å². The van der Waals surface area contributed by atoms with E-state index in [0.717, 1.165) is 25.7 Å². The Balaban J connectivity index is 1.65. The maximum absolute atomic E-state index is 13.8. The van der Waals surface area contributed by atoms with Gasteiger partial charge in [-0.2, -0.15) is 8.61 Å². The lowest BCUT2D eigenvalue weighted by Gasteiger charge is -2.26. The van der Waals surface area contributed by atoms with Gasteiger partial charge in [-0.3, -0.25) is 0 Å². The molecular formula is C28H38N4O14P2S2. The molecule has 50 heavy (non-hydrogen) atoms. The Morgan fingerprint density at radius 2 is 0.900 bits per heavy atom. The van der Waals surface area contributed by atoms with E-state index in [9.17, 15) is 26.0 Å². The van der Waals surface area contributed by atoms with Gasteiger partial charge in [0.25, 0.3) is 0 Å². The summed E-state index contributed by atoms with van der Waals surface area (Å²) in [6, 6.07) is 8.08. The summed E-state index contributed by atoms with van der Waals surface area (Å²) in [6.45, 7) is -0.702. The average molecular weight is 781 g/mol. The van der Waals surface area contributed by atoms with Crippen LogP contribution in [0.5, 0.6) is 0 Å². The first-order valence-electron chi connectivity index (χ1n) is 15.7. The lowest BCUT2D eigenvalue weighted by atomic mass is 9.83. The molecule has 0 amide bonds. The first kappa shape index (κ1) is 38.6. The van der Waals surface area contributed by atoms with Crippen LogP contribution in [0.15, 0.2) is 56.5 Å². The zero-order valence-electron chi connectivity index (χ0n) is 26.7. The van der Waals surface area contributed by atoms with Crippen molar-refractivity contribution in [2.75, 3.05) is 39.8 Å². The number of sulfonamides is 2. The SMILES string of the molecule is O=P(O)(O)OCON=C1c2cc(S(=O)(=O)N3CCCCCC3)ccc2/C(=N\OCOP(=O)(O)O)c2cc(S(=O)(=O)N3CCCCCC3)ccc21.